The van der Waals surface area contributed by atoms with Gasteiger partial charge in [-0.25, -0.2) is 0 Å². The molecule has 0 amide bonds. The minimum atomic E-state index is 0.160. The summed E-state index contributed by atoms with van der Waals surface area (Å²) < 4.78 is 0. The van der Waals surface area contributed by atoms with Crippen LogP contribution in [0.25, 0.3) is 0 Å². The number of carbonyl (C=O) groups excluding carboxylic acids is 1. The molecule has 0 bridgehead atoms. The van der Waals surface area contributed by atoms with Crippen LogP contribution in [0.2, 0.25) is 0 Å². The number of carbonyl (C=O) groups is 1. The maximum absolute atomic E-state index is 11.1. The van der Waals surface area contributed by atoms with Crippen LogP contribution in [0.1, 0.15) is 38.5 Å². The van der Waals surface area contributed by atoms with Crippen molar-refractivity contribution in [1.82, 2.24) is 0 Å². The third-order valence-corrected chi connectivity index (χ3v) is 2.95. The largest absolute Gasteiger partial charge is 0.298 e. The third-order valence-electron chi connectivity index (χ3n) is 1.98. The predicted molar refractivity (Wildman–Crippen MR) is 45.4 cm³/mol. The fourth-order valence-electron chi connectivity index (χ4n) is 1.29. The predicted octanol–water partition coefficient (Wildman–Crippen LogP) is 2.67. The van der Waals surface area contributed by atoms with Gasteiger partial charge in [-0.05, 0) is 12.8 Å². The Morgan fingerprint density at radius 2 is 1.90 bits per heavy atom. The van der Waals surface area contributed by atoms with Crippen LogP contribution in [0.4, 0.5) is 0 Å². The van der Waals surface area contributed by atoms with Gasteiger partial charge in [0.15, 0.2) is 0 Å². The van der Waals surface area contributed by atoms with E-state index in [9.17, 15) is 4.79 Å². The first-order chi connectivity index (χ1) is 4.80. The highest BCUT2D eigenvalue weighted by Gasteiger charge is 2.15. The van der Waals surface area contributed by atoms with Crippen molar-refractivity contribution in [2.24, 2.45) is 0 Å². The lowest BCUT2D eigenvalue weighted by Gasteiger charge is -2.11. The highest BCUT2D eigenvalue weighted by molar-refractivity contribution is 9.10. The van der Waals surface area contributed by atoms with Gasteiger partial charge in [0.05, 0.1) is 4.83 Å². The van der Waals surface area contributed by atoms with E-state index in [-0.39, 0.29) is 4.83 Å². The van der Waals surface area contributed by atoms with Crippen molar-refractivity contribution in [3.05, 3.63) is 0 Å². The van der Waals surface area contributed by atoms with Gasteiger partial charge in [-0.2, -0.15) is 0 Å². The number of Topliss-reactive ketones (excluding diaryl/α,β-unsaturated/α-hetero) is 1. The molecule has 58 valence electrons. The zero-order chi connectivity index (χ0) is 7.40. The van der Waals surface area contributed by atoms with Crippen molar-refractivity contribution in [1.29, 1.82) is 0 Å². The summed E-state index contributed by atoms with van der Waals surface area (Å²) in [5, 5.41) is 0. The van der Waals surface area contributed by atoms with Crippen LogP contribution in [0, 0.1) is 0 Å². The molecule has 1 fully saturated rings. The van der Waals surface area contributed by atoms with Crippen molar-refractivity contribution in [2.75, 3.05) is 0 Å². The van der Waals surface area contributed by atoms with Gasteiger partial charge in [-0.1, -0.05) is 35.2 Å². The molecule has 0 saturated heterocycles. The molecule has 1 nitrogen and oxygen atoms in total. The van der Waals surface area contributed by atoms with Crippen LogP contribution in [0.5, 0.6) is 0 Å². The van der Waals surface area contributed by atoms with E-state index in [1.807, 2.05) is 0 Å². The molecule has 0 radical (unpaired) electrons. The average Bonchev–Trinajstić information content (AvgIpc) is 1.92. The number of hydrogen-bond acceptors (Lipinski definition) is 1. The lowest BCUT2D eigenvalue weighted by atomic mass is 10.00. The molecule has 1 saturated carbocycles. The molecule has 10 heavy (non-hydrogen) atoms. The Balaban J connectivity index is 2.35. The van der Waals surface area contributed by atoms with Crippen LogP contribution in [-0.4, -0.2) is 10.6 Å². The van der Waals surface area contributed by atoms with Crippen molar-refractivity contribution in [3.8, 4) is 0 Å². The zero-order valence-corrected chi connectivity index (χ0v) is 7.69. The summed E-state index contributed by atoms with van der Waals surface area (Å²) in [6.07, 6.45) is 6.68. The summed E-state index contributed by atoms with van der Waals surface area (Å²) >= 11 is 3.39. The van der Waals surface area contributed by atoms with E-state index in [4.69, 9.17) is 0 Å². The first-order valence-electron chi connectivity index (χ1n) is 3.97. The normalized spacial score (nSPS) is 29.3. The van der Waals surface area contributed by atoms with E-state index in [1.54, 1.807) is 0 Å². The molecule has 0 spiro atoms. The lowest BCUT2D eigenvalue weighted by Crippen LogP contribution is -2.15. The highest BCUT2D eigenvalue weighted by atomic mass is 79.9. The second-order valence-corrected chi connectivity index (χ2v) is 3.99. The molecule has 0 heterocycles. The van der Waals surface area contributed by atoms with Crippen molar-refractivity contribution >= 4 is 21.7 Å². The van der Waals surface area contributed by atoms with Gasteiger partial charge < -0.3 is 0 Å². The third kappa shape index (κ3) is 2.41. The van der Waals surface area contributed by atoms with Crippen molar-refractivity contribution in [3.63, 3.8) is 0 Å². The number of halogens is 1. The van der Waals surface area contributed by atoms with Crippen LogP contribution < -0.4 is 0 Å². The number of hydrogen-bond donors (Lipinski definition) is 0. The van der Waals surface area contributed by atoms with E-state index >= 15 is 0 Å². The quantitative estimate of drug-likeness (QED) is 0.555. The van der Waals surface area contributed by atoms with E-state index in [0.29, 0.717) is 5.78 Å². The fourth-order valence-corrected chi connectivity index (χ4v) is 1.85. The van der Waals surface area contributed by atoms with Crippen molar-refractivity contribution in [2.45, 2.75) is 43.4 Å². The van der Waals surface area contributed by atoms with Crippen LogP contribution in [0.15, 0.2) is 0 Å². The Hall–Kier alpha value is 0.150. The second-order valence-electron chi connectivity index (χ2n) is 2.89. The summed E-state index contributed by atoms with van der Waals surface area (Å²) in [6, 6.07) is 0. The maximum Gasteiger partial charge on any atom is 0.146 e. The first-order valence-corrected chi connectivity index (χ1v) is 4.89. The highest BCUT2D eigenvalue weighted by Crippen LogP contribution is 2.19. The Bertz CT molecular complexity index is 122. The lowest BCUT2D eigenvalue weighted by molar-refractivity contribution is -0.118. The fraction of sp³-hybridized carbons (Fsp3) is 0.875. The van der Waals surface area contributed by atoms with Gasteiger partial charge in [0.1, 0.15) is 5.78 Å². The molecule has 0 aromatic rings. The molecule has 0 aromatic carbocycles. The second kappa shape index (κ2) is 4.12. The zero-order valence-electron chi connectivity index (χ0n) is 6.11. The molecule has 0 aliphatic heterocycles. The molecule has 0 N–H and O–H groups in total. The van der Waals surface area contributed by atoms with Crippen molar-refractivity contribution < 1.29 is 4.79 Å². The molecule has 1 unspecified atom stereocenters. The molecule has 1 aliphatic carbocycles. The molecule has 2 heteroatoms. The van der Waals surface area contributed by atoms with E-state index in [1.165, 1.54) is 19.3 Å². The van der Waals surface area contributed by atoms with Crippen LogP contribution in [0.3, 0.4) is 0 Å². The molecule has 1 rings (SSSR count). The van der Waals surface area contributed by atoms with Gasteiger partial charge in [0.25, 0.3) is 0 Å². The van der Waals surface area contributed by atoms with E-state index in [0.717, 1.165) is 19.3 Å². The minimum absolute atomic E-state index is 0.160. The summed E-state index contributed by atoms with van der Waals surface area (Å²) in [5.41, 5.74) is 0. The Labute approximate surface area is 70.3 Å². The molecule has 1 atom stereocenters. The first kappa shape index (κ1) is 8.25. The van der Waals surface area contributed by atoms with Gasteiger partial charge in [-0.15, -0.1) is 0 Å². The smallest absolute Gasteiger partial charge is 0.146 e. The van der Waals surface area contributed by atoms with E-state index in [2.05, 4.69) is 15.9 Å². The standard InChI is InChI=1S/C8H13BrO/c9-7-5-3-1-2-4-6-8(7)10/h7H,1-6H2. The summed E-state index contributed by atoms with van der Waals surface area (Å²) in [4.78, 5) is 11.3. The summed E-state index contributed by atoms with van der Waals surface area (Å²) in [6.45, 7) is 0. The van der Waals surface area contributed by atoms with Gasteiger partial charge >= 0.3 is 0 Å². The van der Waals surface area contributed by atoms with Gasteiger partial charge in [-0.3, -0.25) is 4.79 Å². The van der Waals surface area contributed by atoms with Crippen LogP contribution in [-0.2, 0) is 4.79 Å². The minimum Gasteiger partial charge on any atom is -0.298 e. The Kier molecular flexibility index (Phi) is 3.40. The topological polar surface area (TPSA) is 17.1 Å². The molecule has 0 aromatic heterocycles. The maximum atomic E-state index is 11.1. The number of rotatable bonds is 0. The SMILES string of the molecule is O=C1CCCCCCC1Br. The average molecular weight is 205 g/mol. The van der Waals surface area contributed by atoms with Crippen LogP contribution >= 0.6 is 15.9 Å². The van der Waals surface area contributed by atoms with Gasteiger partial charge in [0, 0.05) is 6.42 Å². The molecule has 1 aliphatic rings. The molecular formula is C8H13BrO. The Morgan fingerprint density at radius 3 is 2.70 bits per heavy atom. The molecular weight excluding hydrogens is 192 g/mol. The van der Waals surface area contributed by atoms with Gasteiger partial charge in [0.2, 0.25) is 0 Å². The summed E-state index contributed by atoms with van der Waals surface area (Å²) in [5.74, 6) is 0.403. The summed E-state index contributed by atoms with van der Waals surface area (Å²) in [7, 11) is 0. The monoisotopic (exact) mass is 204 g/mol. The van der Waals surface area contributed by atoms with E-state index < -0.39 is 0 Å². The number of alkyl halides is 1. The number of ketones is 1. The Morgan fingerprint density at radius 1 is 1.20 bits per heavy atom.